The van der Waals surface area contributed by atoms with E-state index >= 15 is 0 Å². The number of ether oxygens (including phenoxy) is 2. The number of halogens is 2. The van der Waals surface area contributed by atoms with Gasteiger partial charge in [-0.15, -0.1) is 0 Å². The number of aryl methyl sites for hydroxylation is 1. The first-order valence-electron chi connectivity index (χ1n) is 9.16. The zero-order chi connectivity index (χ0) is 20.6. The quantitative estimate of drug-likeness (QED) is 0.388. The van der Waals surface area contributed by atoms with Crippen molar-refractivity contribution < 1.29 is 14.3 Å². The monoisotopic (exact) mass is 517 g/mol. The van der Waals surface area contributed by atoms with E-state index < -0.39 is 0 Å². The van der Waals surface area contributed by atoms with Crippen LogP contribution in [0.5, 0.6) is 11.5 Å². The maximum atomic E-state index is 12.2. The lowest BCUT2D eigenvalue weighted by atomic mass is 10.2. The van der Waals surface area contributed by atoms with Gasteiger partial charge in [-0.05, 0) is 70.4 Å². The van der Waals surface area contributed by atoms with Crippen LogP contribution in [-0.2, 0) is 11.2 Å². The molecule has 1 N–H and O–H groups in total. The Bertz CT molecular complexity index is 937. The van der Waals surface area contributed by atoms with E-state index in [1.807, 2.05) is 61.5 Å². The van der Waals surface area contributed by atoms with Gasteiger partial charge in [-0.3, -0.25) is 4.79 Å². The molecular weight excluding hydrogens is 498 g/mol. The minimum atomic E-state index is -0.225. The Morgan fingerprint density at radius 3 is 2.38 bits per heavy atom. The van der Waals surface area contributed by atoms with Crippen molar-refractivity contribution >= 4 is 43.5 Å². The highest BCUT2D eigenvalue weighted by Crippen LogP contribution is 2.32. The summed E-state index contributed by atoms with van der Waals surface area (Å²) in [5.74, 6) is 1.20. The maximum Gasteiger partial charge on any atom is 0.262 e. The molecule has 0 aliphatic carbocycles. The van der Waals surface area contributed by atoms with Crippen molar-refractivity contribution in [3.05, 3.63) is 86.8 Å². The van der Waals surface area contributed by atoms with Crippen LogP contribution >= 0.6 is 31.9 Å². The number of anilines is 1. The number of rotatable bonds is 8. The van der Waals surface area contributed by atoms with Gasteiger partial charge in [0.15, 0.2) is 6.61 Å². The molecule has 3 aromatic carbocycles. The van der Waals surface area contributed by atoms with E-state index in [0.29, 0.717) is 18.0 Å². The molecule has 0 unspecified atom stereocenters. The Kier molecular flexibility index (Phi) is 7.72. The Labute approximate surface area is 187 Å². The molecule has 0 saturated heterocycles. The van der Waals surface area contributed by atoms with Crippen molar-refractivity contribution in [3.8, 4) is 11.5 Å². The number of carbonyl (C=O) groups excluding carboxylic acids is 1. The number of benzene rings is 3. The Hall–Kier alpha value is -2.31. The van der Waals surface area contributed by atoms with Crippen LogP contribution in [-0.4, -0.2) is 19.1 Å². The summed E-state index contributed by atoms with van der Waals surface area (Å²) < 4.78 is 13.2. The van der Waals surface area contributed by atoms with E-state index in [1.54, 1.807) is 0 Å². The third kappa shape index (κ3) is 6.61. The smallest absolute Gasteiger partial charge is 0.262 e. The van der Waals surface area contributed by atoms with E-state index in [1.165, 1.54) is 5.56 Å². The van der Waals surface area contributed by atoms with Crippen molar-refractivity contribution in [3.63, 3.8) is 0 Å². The van der Waals surface area contributed by atoms with Crippen LogP contribution in [0.15, 0.2) is 75.7 Å². The first-order valence-corrected chi connectivity index (χ1v) is 10.7. The highest BCUT2D eigenvalue weighted by atomic mass is 79.9. The second-order valence-electron chi connectivity index (χ2n) is 6.48. The third-order valence-corrected chi connectivity index (χ3v) is 5.23. The van der Waals surface area contributed by atoms with Gasteiger partial charge < -0.3 is 14.8 Å². The minimum absolute atomic E-state index is 0.0730. The van der Waals surface area contributed by atoms with Gasteiger partial charge in [0, 0.05) is 16.6 Å². The molecule has 1 amide bonds. The van der Waals surface area contributed by atoms with E-state index in [-0.39, 0.29) is 12.5 Å². The SMILES string of the molecule is Cc1cc(Br)cc(Br)c1OCC(=O)Nc1ccc(OCCc2ccccc2)cc1. The van der Waals surface area contributed by atoms with Crippen LogP contribution in [0.4, 0.5) is 5.69 Å². The van der Waals surface area contributed by atoms with E-state index in [9.17, 15) is 4.79 Å². The largest absolute Gasteiger partial charge is 0.493 e. The molecule has 0 aliphatic rings. The molecule has 6 heteroatoms. The van der Waals surface area contributed by atoms with Crippen LogP contribution in [0.1, 0.15) is 11.1 Å². The van der Waals surface area contributed by atoms with Crippen LogP contribution in [0.3, 0.4) is 0 Å². The summed E-state index contributed by atoms with van der Waals surface area (Å²) in [4.78, 5) is 12.2. The average molecular weight is 519 g/mol. The predicted molar refractivity (Wildman–Crippen MR) is 123 cm³/mol. The van der Waals surface area contributed by atoms with Crippen molar-refractivity contribution in [2.45, 2.75) is 13.3 Å². The Balaban J connectivity index is 1.46. The van der Waals surface area contributed by atoms with Crippen LogP contribution < -0.4 is 14.8 Å². The Morgan fingerprint density at radius 2 is 1.69 bits per heavy atom. The van der Waals surface area contributed by atoms with Crippen molar-refractivity contribution in [1.82, 2.24) is 0 Å². The number of hydrogen-bond donors (Lipinski definition) is 1. The summed E-state index contributed by atoms with van der Waals surface area (Å²) in [6.45, 7) is 2.46. The topological polar surface area (TPSA) is 47.6 Å². The van der Waals surface area contributed by atoms with Crippen LogP contribution in [0.2, 0.25) is 0 Å². The third-order valence-electron chi connectivity index (χ3n) is 4.18. The van der Waals surface area contributed by atoms with Gasteiger partial charge >= 0.3 is 0 Å². The highest BCUT2D eigenvalue weighted by molar-refractivity contribution is 9.11. The summed E-state index contributed by atoms with van der Waals surface area (Å²) >= 11 is 6.89. The van der Waals surface area contributed by atoms with Crippen LogP contribution in [0.25, 0.3) is 0 Å². The van der Waals surface area contributed by atoms with Crippen molar-refractivity contribution in [1.29, 1.82) is 0 Å². The molecule has 0 saturated carbocycles. The molecule has 0 heterocycles. The Morgan fingerprint density at radius 1 is 0.966 bits per heavy atom. The lowest BCUT2D eigenvalue weighted by Crippen LogP contribution is -2.20. The van der Waals surface area contributed by atoms with E-state index in [2.05, 4.69) is 49.3 Å². The van der Waals surface area contributed by atoms with Crippen molar-refractivity contribution in [2.24, 2.45) is 0 Å². The second-order valence-corrected chi connectivity index (χ2v) is 8.25. The first kappa shape index (κ1) is 21.4. The molecular formula is C23H21Br2NO3. The lowest BCUT2D eigenvalue weighted by Gasteiger charge is -2.12. The fourth-order valence-corrected chi connectivity index (χ4v) is 4.33. The summed E-state index contributed by atoms with van der Waals surface area (Å²) in [5, 5.41) is 2.83. The number of nitrogens with one attached hydrogen (secondary N) is 1. The first-order chi connectivity index (χ1) is 14.0. The van der Waals surface area contributed by atoms with Gasteiger partial charge in [-0.1, -0.05) is 46.3 Å². The number of carbonyl (C=O) groups is 1. The summed E-state index contributed by atoms with van der Waals surface area (Å²) in [5.41, 5.74) is 2.88. The zero-order valence-corrected chi connectivity index (χ0v) is 19.1. The number of hydrogen-bond acceptors (Lipinski definition) is 3. The van der Waals surface area contributed by atoms with Gasteiger partial charge in [0.2, 0.25) is 0 Å². The van der Waals surface area contributed by atoms with Crippen LogP contribution in [0, 0.1) is 6.92 Å². The molecule has 0 radical (unpaired) electrons. The number of amides is 1. The zero-order valence-electron chi connectivity index (χ0n) is 16.0. The molecule has 29 heavy (non-hydrogen) atoms. The van der Waals surface area contributed by atoms with Crippen molar-refractivity contribution in [2.75, 3.05) is 18.5 Å². The maximum absolute atomic E-state index is 12.2. The van der Waals surface area contributed by atoms with Gasteiger partial charge in [0.25, 0.3) is 5.91 Å². The second kappa shape index (κ2) is 10.5. The molecule has 150 valence electrons. The van der Waals surface area contributed by atoms with Gasteiger partial charge in [0.1, 0.15) is 11.5 Å². The van der Waals surface area contributed by atoms with Gasteiger partial charge in [-0.2, -0.15) is 0 Å². The molecule has 0 fully saturated rings. The molecule has 3 aromatic rings. The molecule has 0 aromatic heterocycles. The molecule has 0 aliphatic heterocycles. The van der Waals surface area contributed by atoms with E-state index in [0.717, 1.165) is 26.7 Å². The molecule has 0 atom stereocenters. The summed E-state index contributed by atoms with van der Waals surface area (Å²) in [6.07, 6.45) is 0.849. The molecule has 3 rings (SSSR count). The minimum Gasteiger partial charge on any atom is -0.493 e. The van der Waals surface area contributed by atoms with Gasteiger partial charge in [0.05, 0.1) is 11.1 Å². The standard InChI is InChI=1S/C23H21Br2NO3/c1-16-13-18(24)14-21(25)23(16)29-15-22(27)26-19-7-9-20(10-8-19)28-12-11-17-5-3-2-4-6-17/h2-10,13-14H,11-12,15H2,1H3,(H,26,27). The average Bonchev–Trinajstić information content (AvgIpc) is 2.69. The molecule has 0 bridgehead atoms. The predicted octanol–water partition coefficient (Wildman–Crippen LogP) is 6.16. The van der Waals surface area contributed by atoms with E-state index in [4.69, 9.17) is 9.47 Å². The highest BCUT2D eigenvalue weighted by Gasteiger charge is 2.10. The molecule has 4 nitrogen and oxygen atoms in total. The summed E-state index contributed by atoms with van der Waals surface area (Å²) in [7, 11) is 0. The molecule has 0 spiro atoms. The fourth-order valence-electron chi connectivity index (χ4n) is 2.77. The van der Waals surface area contributed by atoms with Gasteiger partial charge in [-0.25, -0.2) is 0 Å². The normalized spacial score (nSPS) is 10.4. The summed E-state index contributed by atoms with van der Waals surface area (Å²) in [6, 6.07) is 21.4. The lowest BCUT2D eigenvalue weighted by molar-refractivity contribution is -0.118. The fraction of sp³-hybridized carbons (Fsp3) is 0.174.